The standard InChI is InChI=1S/C20H22F2N8O4/c1-10(12-6-11(21)7-25-16(12)22)33-18(31)27-17-15(28-29-30(17)5)13-8-24-14(9-23-13)26-19(32)34-20(2,3)4/h6-10H,1-5H3,(H,27,31)(H,24,26,32)/t10-/m1/s1. The second kappa shape index (κ2) is 9.72. The molecule has 0 aromatic carbocycles. The third kappa shape index (κ3) is 6.17. The first-order chi connectivity index (χ1) is 15.9. The Kier molecular flexibility index (Phi) is 6.98. The molecule has 3 aromatic heterocycles. The zero-order valence-corrected chi connectivity index (χ0v) is 19.0. The summed E-state index contributed by atoms with van der Waals surface area (Å²) in [4.78, 5) is 35.8. The molecule has 0 fully saturated rings. The van der Waals surface area contributed by atoms with Gasteiger partial charge >= 0.3 is 12.2 Å². The zero-order chi connectivity index (χ0) is 25.0. The molecule has 0 aliphatic heterocycles. The lowest BCUT2D eigenvalue weighted by Crippen LogP contribution is -2.27. The second-order valence-corrected chi connectivity index (χ2v) is 8.03. The van der Waals surface area contributed by atoms with Gasteiger partial charge in [0, 0.05) is 7.05 Å². The Balaban J connectivity index is 1.70. The van der Waals surface area contributed by atoms with Gasteiger partial charge in [0.15, 0.2) is 17.3 Å². The number of nitrogens with one attached hydrogen (secondary N) is 2. The minimum Gasteiger partial charge on any atom is -0.444 e. The first-order valence-corrected chi connectivity index (χ1v) is 9.93. The number of hydrogen-bond acceptors (Lipinski definition) is 9. The van der Waals surface area contributed by atoms with Gasteiger partial charge in [-0.15, -0.1) is 5.10 Å². The van der Waals surface area contributed by atoms with Gasteiger partial charge < -0.3 is 9.47 Å². The smallest absolute Gasteiger partial charge is 0.413 e. The molecule has 3 rings (SSSR count). The number of amides is 2. The van der Waals surface area contributed by atoms with Crippen molar-refractivity contribution in [2.45, 2.75) is 39.4 Å². The van der Waals surface area contributed by atoms with Gasteiger partial charge in [0.05, 0.1) is 24.2 Å². The van der Waals surface area contributed by atoms with Gasteiger partial charge in [0.25, 0.3) is 0 Å². The number of rotatable bonds is 5. The molecule has 3 heterocycles. The monoisotopic (exact) mass is 476 g/mol. The molecule has 0 unspecified atom stereocenters. The highest BCUT2D eigenvalue weighted by Crippen LogP contribution is 2.25. The lowest BCUT2D eigenvalue weighted by atomic mass is 10.2. The van der Waals surface area contributed by atoms with E-state index in [1.807, 2.05) is 0 Å². The molecule has 0 radical (unpaired) electrons. The Morgan fingerprint density at radius 2 is 1.79 bits per heavy atom. The lowest BCUT2D eigenvalue weighted by molar-refractivity contribution is 0.0635. The van der Waals surface area contributed by atoms with Crippen molar-refractivity contribution in [2.24, 2.45) is 7.05 Å². The van der Waals surface area contributed by atoms with Crippen LogP contribution in [0.1, 0.15) is 39.4 Å². The van der Waals surface area contributed by atoms with Gasteiger partial charge in [0.1, 0.15) is 23.2 Å². The van der Waals surface area contributed by atoms with Crippen LogP contribution in [-0.2, 0) is 16.5 Å². The molecule has 0 saturated carbocycles. The largest absolute Gasteiger partial charge is 0.444 e. The van der Waals surface area contributed by atoms with Crippen molar-refractivity contribution in [3.63, 3.8) is 0 Å². The number of aromatic nitrogens is 6. The van der Waals surface area contributed by atoms with Crippen LogP contribution in [-0.4, -0.2) is 47.7 Å². The maximum atomic E-state index is 13.8. The van der Waals surface area contributed by atoms with Crippen molar-refractivity contribution in [2.75, 3.05) is 10.6 Å². The highest BCUT2D eigenvalue weighted by Gasteiger charge is 2.22. The summed E-state index contributed by atoms with van der Waals surface area (Å²) in [5, 5.41) is 12.7. The number of carbonyl (C=O) groups is 2. The fraction of sp³-hybridized carbons (Fsp3) is 0.350. The van der Waals surface area contributed by atoms with Crippen LogP contribution >= 0.6 is 0 Å². The van der Waals surface area contributed by atoms with Crippen LogP contribution in [0.15, 0.2) is 24.7 Å². The summed E-state index contributed by atoms with van der Waals surface area (Å²) in [5.74, 6) is -1.49. The van der Waals surface area contributed by atoms with Crippen molar-refractivity contribution < 1.29 is 27.8 Å². The summed E-state index contributed by atoms with van der Waals surface area (Å²) in [6.07, 6.45) is 0.499. The van der Waals surface area contributed by atoms with Gasteiger partial charge in [-0.3, -0.25) is 10.6 Å². The van der Waals surface area contributed by atoms with Crippen LogP contribution in [0.2, 0.25) is 0 Å². The van der Waals surface area contributed by atoms with Crippen molar-refractivity contribution >= 4 is 23.8 Å². The molecular weight excluding hydrogens is 454 g/mol. The van der Waals surface area contributed by atoms with E-state index in [2.05, 4.69) is 35.9 Å². The van der Waals surface area contributed by atoms with E-state index in [9.17, 15) is 18.4 Å². The lowest BCUT2D eigenvalue weighted by Gasteiger charge is -2.19. The zero-order valence-electron chi connectivity index (χ0n) is 19.0. The minimum absolute atomic E-state index is 0.109. The molecule has 0 saturated heterocycles. The van der Waals surface area contributed by atoms with Gasteiger partial charge in [-0.2, -0.15) is 4.39 Å². The van der Waals surface area contributed by atoms with Gasteiger partial charge in [0.2, 0.25) is 5.95 Å². The molecule has 3 aromatic rings. The molecule has 34 heavy (non-hydrogen) atoms. The number of halogens is 2. The number of anilines is 2. The van der Waals surface area contributed by atoms with Crippen LogP contribution in [0.5, 0.6) is 0 Å². The van der Waals surface area contributed by atoms with E-state index in [4.69, 9.17) is 9.47 Å². The average molecular weight is 476 g/mol. The van der Waals surface area contributed by atoms with Gasteiger partial charge in [-0.1, -0.05) is 5.21 Å². The van der Waals surface area contributed by atoms with E-state index in [0.29, 0.717) is 6.20 Å². The molecule has 12 nitrogen and oxygen atoms in total. The van der Waals surface area contributed by atoms with Crippen LogP contribution in [0, 0.1) is 11.8 Å². The molecule has 1 atom stereocenters. The maximum Gasteiger partial charge on any atom is 0.413 e. The van der Waals surface area contributed by atoms with E-state index in [1.165, 1.54) is 31.0 Å². The van der Waals surface area contributed by atoms with Crippen molar-refractivity contribution in [3.05, 3.63) is 42.0 Å². The highest BCUT2D eigenvalue weighted by atomic mass is 19.1. The summed E-state index contributed by atoms with van der Waals surface area (Å²) in [6.45, 7) is 6.53. The summed E-state index contributed by atoms with van der Waals surface area (Å²) in [5.41, 5.74) is -0.521. The van der Waals surface area contributed by atoms with Crippen LogP contribution < -0.4 is 10.6 Å². The molecule has 0 spiro atoms. The first-order valence-electron chi connectivity index (χ1n) is 9.93. The quantitative estimate of drug-likeness (QED) is 0.527. The number of aryl methyl sites for hydroxylation is 1. The number of pyridine rings is 1. The predicted molar refractivity (Wildman–Crippen MR) is 115 cm³/mol. The Morgan fingerprint density at radius 3 is 2.44 bits per heavy atom. The summed E-state index contributed by atoms with van der Waals surface area (Å²) in [7, 11) is 1.51. The topological polar surface area (TPSA) is 146 Å². The van der Waals surface area contributed by atoms with Crippen LogP contribution in [0.3, 0.4) is 0 Å². The molecule has 0 aliphatic carbocycles. The molecule has 0 aliphatic rings. The average Bonchev–Trinajstić information content (AvgIpc) is 3.09. The third-order valence-electron chi connectivity index (χ3n) is 4.13. The fourth-order valence-electron chi connectivity index (χ4n) is 2.67. The number of carbonyl (C=O) groups excluding carboxylic acids is 2. The van der Waals surface area contributed by atoms with E-state index in [-0.39, 0.29) is 28.6 Å². The van der Waals surface area contributed by atoms with E-state index < -0.39 is 35.7 Å². The predicted octanol–water partition coefficient (Wildman–Crippen LogP) is 3.60. The fourth-order valence-corrected chi connectivity index (χ4v) is 2.67. The van der Waals surface area contributed by atoms with Crippen molar-refractivity contribution in [1.29, 1.82) is 0 Å². The third-order valence-corrected chi connectivity index (χ3v) is 4.13. The SMILES string of the molecule is C[C@@H](OC(=O)Nc1c(-c2cnc(NC(=O)OC(C)(C)C)cn2)nnn1C)c1cc(F)cnc1F. The van der Waals surface area contributed by atoms with E-state index in [1.54, 1.807) is 20.8 Å². The summed E-state index contributed by atoms with van der Waals surface area (Å²) >= 11 is 0. The molecule has 2 amide bonds. The van der Waals surface area contributed by atoms with Gasteiger partial charge in [-0.25, -0.2) is 33.6 Å². The number of ether oxygens (including phenoxy) is 2. The van der Waals surface area contributed by atoms with Gasteiger partial charge in [-0.05, 0) is 33.8 Å². The second-order valence-electron chi connectivity index (χ2n) is 8.03. The van der Waals surface area contributed by atoms with Crippen LogP contribution in [0.4, 0.5) is 30.0 Å². The molecule has 0 bridgehead atoms. The number of hydrogen-bond donors (Lipinski definition) is 2. The van der Waals surface area contributed by atoms with Crippen molar-refractivity contribution in [1.82, 2.24) is 29.9 Å². The van der Waals surface area contributed by atoms with E-state index in [0.717, 1.165) is 6.07 Å². The molecule has 2 N–H and O–H groups in total. The van der Waals surface area contributed by atoms with Crippen molar-refractivity contribution in [3.8, 4) is 11.4 Å². The first kappa shape index (κ1) is 24.4. The molecule has 180 valence electrons. The van der Waals surface area contributed by atoms with Crippen LogP contribution in [0.25, 0.3) is 11.4 Å². The molecule has 14 heteroatoms. The Morgan fingerprint density at radius 1 is 1.06 bits per heavy atom. The number of nitrogens with zero attached hydrogens (tertiary/aromatic N) is 6. The Labute approximate surface area is 192 Å². The minimum atomic E-state index is -1.13. The normalized spacial score (nSPS) is 12.1. The Bertz CT molecular complexity index is 1190. The molecular formula is C20H22F2N8O4. The highest BCUT2D eigenvalue weighted by molar-refractivity contribution is 5.88. The Hall–Kier alpha value is -4.23. The summed E-state index contributed by atoms with van der Waals surface area (Å²) < 4.78 is 38.7. The summed E-state index contributed by atoms with van der Waals surface area (Å²) in [6, 6.07) is 0.889. The maximum absolute atomic E-state index is 13.8. The van der Waals surface area contributed by atoms with E-state index >= 15 is 0 Å².